The van der Waals surface area contributed by atoms with Gasteiger partial charge < -0.3 is 11.6 Å². The van der Waals surface area contributed by atoms with Gasteiger partial charge in [-0.3, -0.25) is 4.98 Å². The van der Waals surface area contributed by atoms with Gasteiger partial charge in [0, 0.05) is 17.5 Å². The maximum Gasteiger partial charge on any atom is 0.241 e. The van der Waals surface area contributed by atoms with Crippen LogP contribution in [0.3, 0.4) is 0 Å². The third-order valence-electron chi connectivity index (χ3n) is 1.88. The molecule has 0 fully saturated rings. The van der Waals surface area contributed by atoms with Crippen molar-refractivity contribution in [2.45, 2.75) is 6.92 Å². The molecule has 2 rings (SSSR count). The van der Waals surface area contributed by atoms with E-state index in [1.165, 1.54) is 4.68 Å². The molecular formula is C8H10N6. The Morgan fingerprint density at radius 1 is 1.36 bits per heavy atom. The number of hydrogen-bond donors (Lipinski definition) is 2. The molecule has 2 aromatic heterocycles. The van der Waals surface area contributed by atoms with E-state index in [-0.39, 0.29) is 5.95 Å². The lowest BCUT2D eigenvalue weighted by Gasteiger charge is -2.01. The van der Waals surface area contributed by atoms with E-state index in [9.17, 15) is 0 Å². The van der Waals surface area contributed by atoms with Gasteiger partial charge in [0.1, 0.15) is 0 Å². The van der Waals surface area contributed by atoms with Crippen LogP contribution in [0.1, 0.15) is 5.69 Å². The summed E-state index contributed by atoms with van der Waals surface area (Å²) in [5, 5.41) is 7.53. The highest BCUT2D eigenvalue weighted by molar-refractivity contribution is 5.56. The lowest BCUT2D eigenvalue weighted by atomic mass is 10.2. The summed E-state index contributed by atoms with van der Waals surface area (Å²) in [7, 11) is 0. The quantitative estimate of drug-likeness (QED) is 0.614. The van der Waals surface area contributed by atoms with Crippen molar-refractivity contribution in [2.24, 2.45) is 0 Å². The Balaban J connectivity index is 2.55. The van der Waals surface area contributed by atoms with E-state index in [1.807, 2.05) is 13.0 Å². The first-order valence-corrected chi connectivity index (χ1v) is 4.07. The molecule has 6 nitrogen and oxygen atoms in total. The summed E-state index contributed by atoms with van der Waals surface area (Å²) >= 11 is 0. The average Bonchev–Trinajstić information content (AvgIpc) is 2.48. The van der Waals surface area contributed by atoms with Gasteiger partial charge in [-0.25, -0.2) is 4.68 Å². The average molecular weight is 190 g/mol. The van der Waals surface area contributed by atoms with E-state index in [4.69, 9.17) is 11.6 Å². The van der Waals surface area contributed by atoms with E-state index < -0.39 is 0 Å². The molecule has 0 saturated carbocycles. The first-order chi connectivity index (χ1) is 6.68. The van der Waals surface area contributed by atoms with Crippen LogP contribution < -0.4 is 11.6 Å². The third-order valence-corrected chi connectivity index (χ3v) is 1.88. The first kappa shape index (κ1) is 8.49. The highest BCUT2D eigenvalue weighted by Crippen LogP contribution is 2.16. The van der Waals surface area contributed by atoms with Crippen LogP contribution >= 0.6 is 0 Å². The van der Waals surface area contributed by atoms with Crippen LogP contribution in [0.5, 0.6) is 0 Å². The van der Waals surface area contributed by atoms with Crippen molar-refractivity contribution in [3.63, 3.8) is 0 Å². The third kappa shape index (κ3) is 1.26. The highest BCUT2D eigenvalue weighted by Gasteiger charge is 2.08. The molecule has 0 aliphatic heterocycles. The highest BCUT2D eigenvalue weighted by atomic mass is 15.4. The topological polar surface area (TPSA) is 95.6 Å². The Bertz CT molecular complexity index is 461. The molecule has 0 spiro atoms. The van der Waals surface area contributed by atoms with Crippen LogP contribution in [0.15, 0.2) is 18.3 Å². The molecule has 14 heavy (non-hydrogen) atoms. The van der Waals surface area contributed by atoms with Crippen molar-refractivity contribution in [2.75, 3.05) is 11.6 Å². The van der Waals surface area contributed by atoms with E-state index >= 15 is 0 Å². The summed E-state index contributed by atoms with van der Waals surface area (Å²) in [5.41, 5.74) is 7.21. The van der Waals surface area contributed by atoms with Gasteiger partial charge in [0.2, 0.25) is 5.95 Å². The van der Waals surface area contributed by atoms with Crippen molar-refractivity contribution in [3.05, 3.63) is 24.0 Å². The Labute approximate surface area is 80.5 Å². The minimum absolute atomic E-state index is 0.189. The monoisotopic (exact) mass is 190 g/mol. The molecule has 0 saturated heterocycles. The molecule has 0 aliphatic carbocycles. The van der Waals surface area contributed by atoms with E-state index in [0.717, 1.165) is 11.3 Å². The first-order valence-electron chi connectivity index (χ1n) is 4.07. The number of anilines is 1. The van der Waals surface area contributed by atoms with Gasteiger partial charge in [0.05, 0.1) is 0 Å². The number of nitrogen functional groups attached to an aromatic ring is 2. The normalized spacial score (nSPS) is 10.4. The van der Waals surface area contributed by atoms with Crippen LogP contribution in [0.4, 0.5) is 5.95 Å². The maximum absolute atomic E-state index is 5.63. The molecule has 0 aliphatic rings. The molecule has 0 unspecified atom stereocenters. The summed E-state index contributed by atoms with van der Waals surface area (Å²) < 4.78 is 1.24. The summed E-state index contributed by atoms with van der Waals surface area (Å²) in [6.07, 6.45) is 1.69. The molecule has 6 heteroatoms. The number of aromatic nitrogens is 4. The molecule has 0 atom stereocenters. The summed E-state index contributed by atoms with van der Waals surface area (Å²) in [6, 6.07) is 3.67. The molecule has 0 bridgehead atoms. The molecule has 0 aromatic carbocycles. The largest absolute Gasteiger partial charge is 0.366 e. The number of pyridine rings is 1. The summed E-state index contributed by atoms with van der Waals surface area (Å²) in [6.45, 7) is 1.89. The zero-order valence-corrected chi connectivity index (χ0v) is 7.68. The molecule has 2 heterocycles. The van der Waals surface area contributed by atoms with E-state index in [2.05, 4.69) is 15.2 Å². The molecular weight excluding hydrogens is 180 g/mol. The minimum atomic E-state index is 0.189. The number of nitrogens with two attached hydrogens (primary N) is 2. The standard InChI is InChI=1S/C8H10N6/c1-5-4-6(2-3-11-5)7-12-13-8(9)14(7)10/h2-4H,10H2,1H3,(H2,9,13). The fraction of sp³-hybridized carbons (Fsp3) is 0.125. The van der Waals surface area contributed by atoms with Gasteiger partial charge in [-0.05, 0) is 19.1 Å². The zero-order chi connectivity index (χ0) is 10.1. The second-order valence-corrected chi connectivity index (χ2v) is 2.94. The van der Waals surface area contributed by atoms with Crippen LogP contribution in [0.25, 0.3) is 11.4 Å². The predicted molar refractivity (Wildman–Crippen MR) is 52.6 cm³/mol. The van der Waals surface area contributed by atoms with Crippen molar-refractivity contribution >= 4 is 5.95 Å². The number of hydrogen-bond acceptors (Lipinski definition) is 5. The lowest BCUT2D eigenvalue weighted by Crippen LogP contribution is -2.13. The Morgan fingerprint density at radius 2 is 2.14 bits per heavy atom. The Morgan fingerprint density at radius 3 is 2.71 bits per heavy atom. The lowest BCUT2D eigenvalue weighted by molar-refractivity contribution is 1.02. The van der Waals surface area contributed by atoms with Crippen molar-refractivity contribution in [3.8, 4) is 11.4 Å². The summed E-state index contributed by atoms with van der Waals surface area (Å²) in [5.74, 6) is 6.36. The second kappa shape index (κ2) is 2.99. The SMILES string of the molecule is Cc1cc(-c2nnc(N)n2N)ccn1. The molecule has 4 N–H and O–H groups in total. The van der Waals surface area contributed by atoms with Gasteiger partial charge >= 0.3 is 0 Å². The van der Waals surface area contributed by atoms with Crippen LogP contribution in [-0.4, -0.2) is 19.9 Å². The van der Waals surface area contributed by atoms with Crippen molar-refractivity contribution in [1.82, 2.24) is 19.9 Å². The fourth-order valence-corrected chi connectivity index (χ4v) is 1.18. The van der Waals surface area contributed by atoms with Gasteiger partial charge in [0.15, 0.2) is 5.82 Å². The zero-order valence-electron chi connectivity index (χ0n) is 7.68. The predicted octanol–water partition coefficient (Wildman–Crippen LogP) is -0.0555. The maximum atomic E-state index is 5.63. The van der Waals surface area contributed by atoms with Gasteiger partial charge in [-0.2, -0.15) is 0 Å². The molecule has 2 aromatic rings. The number of rotatable bonds is 1. The van der Waals surface area contributed by atoms with E-state index in [1.54, 1.807) is 12.3 Å². The number of nitrogens with zero attached hydrogens (tertiary/aromatic N) is 4. The van der Waals surface area contributed by atoms with Crippen LogP contribution in [0, 0.1) is 6.92 Å². The van der Waals surface area contributed by atoms with Crippen LogP contribution in [-0.2, 0) is 0 Å². The van der Waals surface area contributed by atoms with E-state index in [0.29, 0.717) is 5.82 Å². The van der Waals surface area contributed by atoms with Crippen molar-refractivity contribution in [1.29, 1.82) is 0 Å². The van der Waals surface area contributed by atoms with Gasteiger partial charge in [-0.1, -0.05) is 0 Å². The Kier molecular flexibility index (Phi) is 1.81. The van der Waals surface area contributed by atoms with Crippen LogP contribution in [0.2, 0.25) is 0 Å². The smallest absolute Gasteiger partial charge is 0.241 e. The fourth-order valence-electron chi connectivity index (χ4n) is 1.18. The molecule has 0 radical (unpaired) electrons. The second-order valence-electron chi connectivity index (χ2n) is 2.94. The van der Waals surface area contributed by atoms with Gasteiger partial charge in [0.25, 0.3) is 0 Å². The van der Waals surface area contributed by atoms with Gasteiger partial charge in [-0.15, -0.1) is 10.2 Å². The Hall–Kier alpha value is -2.11. The molecule has 72 valence electrons. The minimum Gasteiger partial charge on any atom is -0.366 e. The molecule has 0 amide bonds. The number of aryl methyl sites for hydroxylation is 1. The summed E-state index contributed by atoms with van der Waals surface area (Å²) in [4.78, 5) is 4.07. The van der Waals surface area contributed by atoms with Crippen molar-refractivity contribution < 1.29 is 0 Å².